The molecule has 1 aromatic carbocycles. The fourth-order valence-electron chi connectivity index (χ4n) is 1.49. The van der Waals surface area contributed by atoms with Gasteiger partial charge in [-0.1, -0.05) is 18.5 Å². The van der Waals surface area contributed by atoms with E-state index >= 15 is 0 Å². The van der Waals surface area contributed by atoms with Gasteiger partial charge >= 0.3 is 0 Å². The molecule has 0 aliphatic heterocycles. The first kappa shape index (κ1) is 16.2. The number of carbonyl (C=O) groups excluding carboxylic acids is 1. The molecule has 0 unspecified atom stereocenters. The predicted octanol–water partition coefficient (Wildman–Crippen LogP) is 2.72. The number of hydrogen-bond donors (Lipinski definition) is 2. The molecule has 6 nitrogen and oxygen atoms in total. The Morgan fingerprint density at radius 2 is 2.15 bits per heavy atom. The van der Waals surface area contributed by atoms with Crippen LogP contribution in [0.5, 0.6) is 0 Å². The quantitative estimate of drug-likeness (QED) is 0.599. The summed E-state index contributed by atoms with van der Waals surface area (Å²) < 4.78 is 13.2. The number of nitro benzene ring substituents is 1. The number of nitrogens with zero attached hydrogens (tertiary/aromatic N) is 1. The molecule has 0 saturated carbocycles. The molecule has 0 radical (unpaired) electrons. The maximum Gasteiger partial charge on any atom is 0.295 e. The van der Waals surface area contributed by atoms with Crippen LogP contribution in [0.1, 0.15) is 19.8 Å². The number of nitrogens with one attached hydrogen (secondary N) is 2. The second kappa shape index (κ2) is 7.64. The highest BCUT2D eigenvalue weighted by molar-refractivity contribution is 6.31. The summed E-state index contributed by atoms with van der Waals surface area (Å²) >= 11 is 5.58. The Hall–Kier alpha value is -1.89. The van der Waals surface area contributed by atoms with Crippen molar-refractivity contribution in [3.8, 4) is 0 Å². The average Bonchev–Trinajstić information content (AvgIpc) is 2.39. The Morgan fingerprint density at radius 3 is 2.75 bits per heavy atom. The summed E-state index contributed by atoms with van der Waals surface area (Å²) in [7, 11) is 0. The molecule has 1 amide bonds. The Labute approximate surface area is 120 Å². The van der Waals surface area contributed by atoms with Crippen molar-refractivity contribution in [2.45, 2.75) is 19.8 Å². The van der Waals surface area contributed by atoms with Gasteiger partial charge in [-0.2, -0.15) is 0 Å². The van der Waals surface area contributed by atoms with Crippen molar-refractivity contribution in [2.75, 3.05) is 18.4 Å². The third-order valence-electron chi connectivity index (χ3n) is 2.47. The molecule has 0 saturated heterocycles. The Bertz CT molecular complexity index is 511. The number of halogens is 2. The summed E-state index contributed by atoms with van der Waals surface area (Å²) in [5.74, 6) is -1.01. The lowest BCUT2D eigenvalue weighted by Gasteiger charge is -2.08. The molecule has 0 aliphatic carbocycles. The van der Waals surface area contributed by atoms with Crippen LogP contribution in [0.2, 0.25) is 5.02 Å². The molecule has 0 aliphatic rings. The van der Waals surface area contributed by atoms with Gasteiger partial charge in [-0.25, -0.2) is 4.39 Å². The standard InChI is InChI=1S/C12H15ClFN3O3/c1-2-4-16-12(18)3-5-15-10-6-8(13)9(14)7-11(10)17(19)20/h6-7,15H,2-5H2,1H3,(H,16,18). The van der Waals surface area contributed by atoms with Gasteiger partial charge in [-0.3, -0.25) is 14.9 Å². The summed E-state index contributed by atoms with van der Waals surface area (Å²) in [6.45, 7) is 2.71. The first-order valence-electron chi connectivity index (χ1n) is 6.09. The maximum atomic E-state index is 13.2. The van der Waals surface area contributed by atoms with Crippen LogP contribution in [0.15, 0.2) is 12.1 Å². The van der Waals surface area contributed by atoms with Crippen molar-refractivity contribution in [2.24, 2.45) is 0 Å². The lowest BCUT2D eigenvalue weighted by Crippen LogP contribution is -2.25. The van der Waals surface area contributed by atoms with E-state index in [-0.39, 0.29) is 29.6 Å². The number of anilines is 1. The average molecular weight is 304 g/mol. The maximum absolute atomic E-state index is 13.2. The highest BCUT2D eigenvalue weighted by Crippen LogP contribution is 2.30. The summed E-state index contributed by atoms with van der Waals surface area (Å²) in [6, 6.07) is 1.89. The van der Waals surface area contributed by atoms with Gasteiger partial charge in [0, 0.05) is 19.5 Å². The molecule has 0 bridgehead atoms. The van der Waals surface area contributed by atoms with Crippen LogP contribution in [0.3, 0.4) is 0 Å². The fraction of sp³-hybridized carbons (Fsp3) is 0.417. The first-order chi connectivity index (χ1) is 9.45. The number of amides is 1. The molecule has 0 atom stereocenters. The first-order valence-corrected chi connectivity index (χ1v) is 6.47. The zero-order valence-corrected chi connectivity index (χ0v) is 11.7. The monoisotopic (exact) mass is 303 g/mol. The molecule has 110 valence electrons. The number of rotatable bonds is 7. The minimum atomic E-state index is -0.857. The lowest BCUT2D eigenvalue weighted by atomic mass is 10.2. The Kier molecular flexibility index (Phi) is 6.17. The van der Waals surface area contributed by atoms with E-state index in [0.717, 1.165) is 18.6 Å². The normalized spacial score (nSPS) is 10.2. The van der Waals surface area contributed by atoms with Gasteiger partial charge in [0.25, 0.3) is 5.69 Å². The van der Waals surface area contributed by atoms with E-state index < -0.39 is 16.4 Å². The molecule has 0 aromatic heterocycles. The Morgan fingerprint density at radius 1 is 1.45 bits per heavy atom. The topological polar surface area (TPSA) is 84.3 Å². The highest BCUT2D eigenvalue weighted by atomic mass is 35.5. The van der Waals surface area contributed by atoms with E-state index in [4.69, 9.17) is 11.6 Å². The van der Waals surface area contributed by atoms with Crippen molar-refractivity contribution in [1.82, 2.24) is 5.32 Å². The molecule has 1 aromatic rings. The van der Waals surface area contributed by atoms with Crippen molar-refractivity contribution in [3.63, 3.8) is 0 Å². The molecule has 0 heterocycles. The summed E-state index contributed by atoms with van der Waals surface area (Å²) in [6.07, 6.45) is 0.990. The largest absolute Gasteiger partial charge is 0.379 e. The van der Waals surface area contributed by atoms with Crippen molar-refractivity contribution >= 4 is 28.9 Å². The van der Waals surface area contributed by atoms with Gasteiger partial charge in [-0.05, 0) is 12.5 Å². The zero-order valence-electron chi connectivity index (χ0n) is 10.9. The van der Waals surface area contributed by atoms with Crippen LogP contribution in [0, 0.1) is 15.9 Å². The van der Waals surface area contributed by atoms with Crippen LogP contribution in [0.4, 0.5) is 15.8 Å². The third kappa shape index (κ3) is 4.65. The fourth-order valence-corrected chi connectivity index (χ4v) is 1.66. The van der Waals surface area contributed by atoms with Crippen LogP contribution in [-0.4, -0.2) is 23.9 Å². The van der Waals surface area contributed by atoms with E-state index in [1.165, 1.54) is 0 Å². The molecule has 0 spiro atoms. The highest BCUT2D eigenvalue weighted by Gasteiger charge is 2.17. The number of hydrogen-bond acceptors (Lipinski definition) is 4. The Balaban J connectivity index is 2.65. The van der Waals surface area contributed by atoms with Gasteiger partial charge < -0.3 is 10.6 Å². The van der Waals surface area contributed by atoms with Gasteiger partial charge in [0.05, 0.1) is 16.0 Å². The van der Waals surface area contributed by atoms with Crippen molar-refractivity contribution in [3.05, 3.63) is 33.1 Å². The SMILES string of the molecule is CCCNC(=O)CCNc1cc(Cl)c(F)cc1[N+](=O)[O-]. The van der Waals surface area contributed by atoms with Crippen molar-refractivity contribution in [1.29, 1.82) is 0 Å². The van der Waals surface area contributed by atoms with Gasteiger partial charge in [0.15, 0.2) is 0 Å². The summed E-state index contributed by atoms with van der Waals surface area (Å²) in [5, 5.41) is 16.0. The van der Waals surface area contributed by atoms with Gasteiger partial charge in [0.1, 0.15) is 11.5 Å². The van der Waals surface area contributed by atoms with E-state index in [2.05, 4.69) is 10.6 Å². The zero-order chi connectivity index (χ0) is 15.1. The summed E-state index contributed by atoms with van der Waals surface area (Å²) in [4.78, 5) is 21.5. The third-order valence-corrected chi connectivity index (χ3v) is 2.76. The second-order valence-electron chi connectivity index (χ2n) is 4.07. The number of nitro groups is 1. The lowest BCUT2D eigenvalue weighted by molar-refractivity contribution is -0.384. The number of carbonyl (C=O) groups is 1. The van der Waals surface area contributed by atoms with Crippen molar-refractivity contribution < 1.29 is 14.1 Å². The van der Waals surface area contributed by atoms with Gasteiger partial charge in [-0.15, -0.1) is 0 Å². The summed E-state index contributed by atoms with van der Waals surface area (Å²) in [5.41, 5.74) is -0.328. The van der Waals surface area contributed by atoms with E-state index in [1.807, 2.05) is 6.92 Å². The minimum absolute atomic E-state index is 0.0877. The predicted molar refractivity (Wildman–Crippen MR) is 74.5 cm³/mol. The van der Waals surface area contributed by atoms with E-state index in [9.17, 15) is 19.3 Å². The molecule has 20 heavy (non-hydrogen) atoms. The molecule has 0 fully saturated rings. The number of benzene rings is 1. The van der Waals surface area contributed by atoms with Crippen LogP contribution in [-0.2, 0) is 4.79 Å². The minimum Gasteiger partial charge on any atom is -0.379 e. The van der Waals surface area contributed by atoms with E-state index in [1.54, 1.807) is 0 Å². The molecular formula is C12H15ClFN3O3. The molecular weight excluding hydrogens is 289 g/mol. The van der Waals surface area contributed by atoms with Gasteiger partial charge in [0.2, 0.25) is 5.91 Å². The van der Waals surface area contributed by atoms with Crippen LogP contribution >= 0.6 is 11.6 Å². The van der Waals surface area contributed by atoms with Crippen LogP contribution < -0.4 is 10.6 Å². The second-order valence-corrected chi connectivity index (χ2v) is 4.47. The van der Waals surface area contributed by atoms with E-state index in [0.29, 0.717) is 6.54 Å². The molecule has 8 heteroatoms. The molecule has 1 rings (SSSR count). The van der Waals surface area contributed by atoms with Crippen LogP contribution in [0.25, 0.3) is 0 Å². The smallest absolute Gasteiger partial charge is 0.295 e. The molecule has 2 N–H and O–H groups in total.